The Morgan fingerprint density at radius 3 is 2.52 bits per heavy atom. The number of imidazole rings is 1. The molecule has 0 aliphatic carbocycles. The molecule has 0 atom stereocenters. The summed E-state index contributed by atoms with van der Waals surface area (Å²) in [6.45, 7) is 0.0887. The maximum atomic E-state index is 13.0. The van der Waals surface area contributed by atoms with Crippen molar-refractivity contribution in [1.29, 1.82) is 0 Å². The lowest BCUT2D eigenvalue weighted by molar-refractivity contribution is -0.137. The van der Waals surface area contributed by atoms with Crippen molar-refractivity contribution in [2.75, 3.05) is 0 Å². The van der Waals surface area contributed by atoms with Crippen molar-refractivity contribution in [3.05, 3.63) is 89.0 Å². The van der Waals surface area contributed by atoms with Crippen molar-refractivity contribution < 1.29 is 26.4 Å². The Hall–Kier alpha value is -3.44. The summed E-state index contributed by atoms with van der Waals surface area (Å²) in [4.78, 5) is 19.5. The number of carbonyl (C=O) groups is 1. The van der Waals surface area contributed by atoms with Gasteiger partial charge in [0.05, 0.1) is 25.9 Å². The lowest BCUT2D eigenvalue weighted by Crippen LogP contribution is -2.23. The van der Waals surface area contributed by atoms with Gasteiger partial charge in [0.25, 0.3) is 5.91 Å². The van der Waals surface area contributed by atoms with Gasteiger partial charge in [0.2, 0.25) is 15.6 Å². The quantitative estimate of drug-likeness (QED) is 0.449. The average Bonchev–Trinajstić information content (AvgIpc) is 3.25. The second-order valence-electron chi connectivity index (χ2n) is 6.95. The molecule has 12 heteroatoms. The summed E-state index contributed by atoms with van der Waals surface area (Å²) < 4.78 is 66.3. The largest absolute Gasteiger partial charge is 0.416 e. The first-order valence-corrected chi connectivity index (χ1v) is 11.2. The summed E-state index contributed by atoms with van der Waals surface area (Å²) in [6.07, 6.45) is 1.43. The van der Waals surface area contributed by atoms with E-state index in [1.165, 1.54) is 30.5 Å². The minimum Gasteiger partial charge on any atom is -0.348 e. The molecule has 2 aromatic carbocycles. The summed E-state index contributed by atoms with van der Waals surface area (Å²) in [5, 5.41) is 2.37. The molecule has 0 fully saturated rings. The highest BCUT2D eigenvalue weighted by atomic mass is 35.5. The molecule has 2 heterocycles. The fourth-order valence-electron chi connectivity index (χ4n) is 3.02. The zero-order valence-corrected chi connectivity index (χ0v) is 18.1. The maximum Gasteiger partial charge on any atom is 0.416 e. The number of nitrogens with zero attached hydrogens (tertiary/aromatic N) is 3. The Morgan fingerprint density at radius 1 is 1.09 bits per heavy atom. The molecular formula is C21H14ClF3N4O3S. The van der Waals surface area contributed by atoms with E-state index in [0.717, 1.165) is 6.07 Å². The third-order valence-electron chi connectivity index (χ3n) is 4.74. The van der Waals surface area contributed by atoms with E-state index >= 15 is 0 Å². The Kier molecular flexibility index (Phi) is 5.85. The second-order valence-corrected chi connectivity index (χ2v) is 9.28. The van der Waals surface area contributed by atoms with Gasteiger partial charge in [-0.1, -0.05) is 23.7 Å². The van der Waals surface area contributed by atoms with Gasteiger partial charge >= 0.3 is 6.18 Å². The van der Waals surface area contributed by atoms with Crippen LogP contribution in [0.5, 0.6) is 0 Å². The van der Waals surface area contributed by atoms with E-state index in [4.69, 9.17) is 11.6 Å². The number of sulfone groups is 1. The molecule has 0 unspecified atom stereocenters. The monoisotopic (exact) mass is 494 g/mol. The van der Waals surface area contributed by atoms with Gasteiger partial charge in [-0.2, -0.15) is 13.2 Å². The molecule has 33 heavy (non-hydrogen) atoms. The van der Waals surface area contributed by atoms with Gasteiger partial charge < -0.3 is 5.32 Å². The summed E-state index contributed by atoms with van der Waals surface area (Å²) in [6, 6.07) is 7.51. The molecule has 170 valence electrons. The number of nitrogens with one attached hydrogen (secondary N) is 1. The number of benzene rings is 2. The number of fused-ring (bicyclic) bond motifs is 1. The number of carbonyl (C=O) groups excluding carboxylic acids is 1. The summed E-state index contributed by atoms with van der Waals surface area (Å²) >= 11 is 5.88. The van der Waals surface area contributed by atoms with Crippen LogP contribution in [-0.4, -0.2) is 28.7 Å². The number of halogens is 4. The average molecular weight is 495 g/mol. The van der Waals surface area contributed by atoms with E-state index in [0.29, 0.717) is 29.0 Å². The molecule has 4 aromatic rings. The first-order chi connectivity index (χ1) is 15.6. The number of hydrogen-bond donors (Lipinski definition) is 1. The molecule has 0 aliphatic heterocycles. The highest BCUT2D eigenvalue weighted by Gasteiger charge is 2.33. The molecule has 0 bridgehead atoms. The van der Waals surface area contributed by atoms with Crippen LogP contribution in [0.2, 0.25) is 5.02 Å². The minimum absolute atomic E-state index is 0.0887. The predicted octanol–water partition coefficient (Wildman–Crippen LogP) is 4.16. The highest BCUT2D eigenvalue weighted by Crippen LogP contribution is 2.35. The SMILES string of the molecule is O=C(NCc1ccc(S(=O)(=O)c2cc(C(F)(F)F)ccc2Cl)cc1)c1cnc2nccn2c1. The van der Waals surface area contributed by atoms with E-state index in [-0.39, 0.29) is 16.5 Å². The number of hydrogen-bond acceptors (Lipinski definition) is 5. The van der Waals surface area contributed by atoms with Crippen LogP contribution in [0.3, 0.4) is 0 Å². The van der Waals surface area contributed by atoms with Gasteiger partial charge in [0.1, 0.15) is 0 Å². The zero-order chi connectivity index (χ0) is 23.8. The van der Waals surface area contributed by atoms with E-state index < -0.39 is 32.4 Å². The Morgan fingerprint density at radius 2 is 1.82 bits per heavy atom. The summed E-state index contributed by atoms with van der Waals surface area (Å²) in [5.74, 6) is 0.0507. The maximum absolute atomic E-state index is 13.0. The van der Waals surface area contributed by atoms with Crippen LogP contribution in [0.25, 0.3) is 5.78 Å². The summed E-state index contributed by atoms with van der Waals surface area (Å²) in [7, 11) is -4.29. The fraction of sp³-hybridized carbons (Fsp3) is 0.0952. The standard InChI is InChI=1S/C21H14ClF3N4O3S/c22-17-6-3-15(21(23,24)25)9-18(17)33(31,32)16-4-1-13(2-5-16)10-27-19(30)14-11-28-20-26-7-8-29(20)12-14/h1-9,11-12H,10H2,(H,27,30). The third kappa shape index (κ3) is 4.69. The van der Waals surface area contributed by atoms with Crippen LogP contribution in [-0.2, 0) is 22.6 Å². The third-order valence-corrected chi connectivity index (χ3v) is 6.99. The molecule has 1 N–H and O–H groups in total. The van der Waals surface area contributed by atoms with Crippen molar-refractivity contribution >= 4 is 33.1 Å². The van der Waals surface area contributed by atoms with Gasteiger partial charge in [0.15, 0.2) is 0 Å². The number of rotatable bonds is 5. The second kappa shape index (κ2) is 8.49. The molecular weight excluding hydrogens is 481 g/mol. The van der Waals surface area contributed by atoms with Crippen LogP contribution in [0.1, 0.15) is 21.5 Å². The van der Waals surface area contributed by atoms with Crippen LogP contribution < -0.4 is 5.32 Å². The minimum atomic E-state index is -4.71. The van der Waals surface area contributed by atoms with Crippen LogP contribution in [0.4, 0.5) is 13.2 Å². The molecule has 4 rings (SSSR count). The Balaban J connectivity index is 1.50. The summed E-state index contributed by atoms with van der Waals surface area (Å²) in [5.41, 5.74) is -0.235. The molecule has 2 aromatic heterocycles. The van der Waals surface area contributed by atoms with Gasteiger partial charge in [-0.15, -0.1) is 0 Å². The van der Waals surface area contributed by atoms with Crippen molar-refractivity contribution in [3.8, 4) is 0 Å². The predicted molar refractivity (Wildman–Crippen MR) is 113 cm³/mol. The smallest absolute Gasteiger partial charge is 0.348 e. The Bertz CT molecular complexity index is 1450. The molecule has 0 aliphatic rings. The lowest BCUT2D eigenvalue weighted by Gasteiger charge is -2.12. The van der Waals surface area contributed by atoms with Gasteiger partial charge in [0, 0.05) is 31.3 Å². The van der Waals surface area contributed by atoms with Crippen LogP contribution in [0, 0.1) is 0 Å². The molecule has 7 nitrogen and oxygen atoms in total. The van der Waals surface area contributed by atoms with Crippen molar-refractivity contribution in [2.24, 2.45) is 0 Å². The first-order valence-electron chi connectivity index (χ1n) is 9.33. The molecule has 0 saturated heterocycles. The molecule has 1 amide bonds. The zero-order valence-electron chi connectivity index (χ0n) is 16.5. The topological polar surface area (TPSA) is 93.4 Å². The Labute approximate surface area is 190 Å². The van der Waals surface area contributed by atoms with Gasteiger partial charge in [-0.05, 0) is 35.9 Å². The van der Waals surface area contributed by atoms with E-state index in [2.05, 4.69) is 15.3 Å². The first kappa shape index (κ1) is 22.7. The van der Waals surface area contributed by atoms with E-state index in [9.17, 15) is 26.4 Å². The van der Waals surface area contributed by atoms with Crippen molar-refractivity contribution in [1.82, 2.24) is 19.7 Å². The lowest BCUT2D eigenvalue weighted by atomic mass is 10.2. The normalized spacial score (nSPS) is 12.1. The fourth-order valence-corrected chi connectivity index (χ4v) is 4.79. The van der Waals surface area contributed by atoms with Crippen molar-refractivity contribution in [3.63, 3.8) is 0 Å². The molecule has 0 radical (unpaired) electrons. The highest BCUT2D eigenvalue weighted by molar-refractivity contribution is 7.91. The van der Waals surface area contributed by atoms with Crippen molar-refractivity contribution in [2.45, 2.75) is 22.5 Å². The van der Waals surface area contributed by atoms with E-state index in [1.54, 1.807) is 23.0 Å². The number of aromatic nitrogens is 3. The van der Waals surface area contributed by atoms with Gasteiger partial charge in [-0.3, -0.25) is 9.20 Å². The van der Waals surface area contributed by atoms with E-state index in [1.807, 2.05) is 0 Å². The number of alkyl halides is 3. The van der Waals surface area contributed by atoms with Gasteiger partial charge in [-0.25, -0.2) is 18.4 Å². The molecule has 0 spiro atoms. The van der Waals surface area contributed by atoms with Crippen LogP contribution >= 0.6 is 11.6 Å². The number of amides is 1. The van der Waals surface area contributed by atoms with Crippen LogP contribution in [0.15, 0.2) is 77.0 Å². The molecule has 0 saturated carbocycles.